The van der Waals surface area contributed by atoms with Crippen LogP contribution in [0.1, 0.15) is 48.8 Å². The zero-order valence-electron chi connectivity index (χ0n) is 24.8. The molecule has 0 aliphatic carbocycles. The number of carbonyl (C=O) groups excluding carboxylic acids is 3. The number of carboxylic acid groups (broad SMARTS) is 1. The van der Waals surface area contributed by atoms with Crippen LogP contribution in [0.4, 0.5) is 18.0 Å². The van der Waals surface area contributed by atoms with Crippen molar-refractivity contribution in [2.75, 3.05) is 6.54 Å². The zero-order chi connectivity index (χ0) is 33.5. The monoisotopic (exact) mass is 634 g/mol. The maximum atomic E-state index is 12.9. The number of carboxylic acids is 1. The lowest BCUT2D eigenvalue weighted by molar-refractivity contribution is -0.192. The molecule has 1 aromatic heterocycles. The number of nitrogens with one attached hydrogen (secondary N) is 2. The van der Waals surface area contributed by atoms with Gasteiger partial charge in [-0.3, -0.25) is 24.7 Å². The zero-order valence-corrected chi connectivity index (χ0v) is 24.8. The van der Waals surface area contributed by atoms with Crippen LogP contribution in [-0.2, 0) is 20.9 Å². The lowest BCUT2D eigenvalue weighted by atomic mass is 10.1. The Morgan fingerprint density at radius 3 is 2.24 bits per heavy atom. The topological polar surface area (TPSA) is 167 Å². The highest BCUT2D eigenvalue weighted by Crippen LogP contribution is 2.24. The fourth-order valence-corrected chi connectivity index (χ4v) is 4.49. The summed E-state index contributed by atoms with van der Waals surface area (Å²) >= 11 is 0. The van der Waals surface area contributed by atoms with Crippen LogP contribution >= 0.6 is 0 Å². The Balaban J connectivity index is 0.000000707. The molecule has 0 unspecified atom stereocenters. The number of aliphatic carboxylic acids is 1. The Morgan fingerprint density at radius 2 is 1.67 bits per heavy atom. The molecule has 0 bridgehead atoms. The first-order valence-corrected chi connectivity index (χ1v) is 13.6. The summed E-state index contributed by atoms with van der Waals surface area (Å²) in [4.78, 5) is 52.6. The molecular weight excluding hydrogens is 601 g/mol. The van der Waals surface area contributed by atoms with E-state index in [-0.39, 0.29) is 6.54 Å². The first kappa shape index (κ1) is 34.6. The number of amides is 3. The highest BCUT2D eigenvalue weighted by Gasteiger charge is 2.44. The molecule has 0 radical (unpaired) electrons. The standard InChI is InChI=1S/C28H32N4O6.C2HF3O2/c1-17-15-19(21-7-5-6-8-22(21)29-17)16-37-20-11-9-18(10-12-20)25(33)30-23-13-14-32(24(23)26(34)31-36)27(35)38-28(2,3)4;3-2(4,5)1(6)7/h5-12,15,23-24,36H,13-14,16H2,1-4H3,(H,30,33)(H,31,34);(H,6,7)/t23-,24+;/m1./s1. The van der Waals surface area contributed by atoms with Gasteiger partial charge in [-0.15, -0.1) is 0 Å². The molecule has 2 aromatic carbocycles. The molecule has 242 valence electrons. The third-order valence-electron chi connectivity index (χ3n) is 6.40. The first-order chi connectivity index (χ1) is 21.0. The van der Waals surface area contributed by atoms with Gasteiger partial charge in [0.2, 0.25) is 0 Å². The van der Waals surface area contributed by atoms with Gasteiger partial charge in [-0.25, -0.2) is 15.1 Å². The number of halogens is 3. The molecule has 12 nitrogen and oxygen atoms in total. The van der Waals surface area contributed by atoms with Crippen LogP contribution in [-0.4, -0.2) is 74.5 Å². The van der Waals surface area contributed by atoms with Crippen molar-refractivity contribution >= 4 is 34.8 Å². The molecule has 1 saturated heterocycles. The van der Waals surface area contributed by atoms with Gasteiger partial charge in [0.05, 0.1) is 11.6 Å². The Hall–Kier alpha value is -4.92. The summed E-state index contributed by atoms with van der Waals surface area (Å²) in [5.41, 5.74) is 4.01. The molecule has 4 N–H and O–H groups in total. The lowest BCUT2D eigenvalue weighted by Gasteiger charge is -2.29. The van der Waals surface area contributed by atoms with E-state index in [1.807, 2.05) is 37.3 Å². The summed E-state index contributed by atoms with van der Waals surface area (Å²) in [5.74, 6) is -3.39. The van der Waals surface area contributed by atoms with Crippen LogP contribution in [0.25, 0.3) is 10.9 Å². The van der Waals surface area contributed by atoms with Gasteiger partial charge in [-0.05, 0) is 70.5 Å². The SMILES string of the molecule is Cc1cc(COc2ccc(C(=O)N[C@@H]3CCN(C(=O)OC(C)(C)C)[C@@H]3C(=O)NO)cc2)c2ccccc2n1.O=C(O)C(F)(F)F. The van der Waals surface area contributed by atoms with Gasteiger partial charge < -0.3 is 19.9 Å². The number of aromatic nitrogens is 1. The number of rotatable bonds is 6. The Morgan fingerprint density at radius 1 is 1.04 bits per heavy atom. The summed E-state index contributed by atoms with van der Waals surface area (Å²) in [7, 11) is 0. The number of nitrogens with zero attached hydrogens (tertiary/aromatic N) is 2. The van der Waals surface area contributed by atoms with Crippen LogP contribution in [0.2, 0.25) is 0 Å². The van der Waals surface area contributed by atoms with Crippen molar-refractivity contribution in [1.82, 2.24) is 20.7 Å². The van der Waals surface area contributed by atoms with Crippen LogP contribution in [0.5, 0.6) is 5.75 Å². The van der Waals surface area contributed by atoms with Crippen LogP contribution < -0.4 is 15.5 Å². The van der Waals surface area contributed by atoms with Gasteiger partial charge in [-0.2, -0.15) is 13.2 Å². The maximum Gasteiger partial charge on any atom is 0.490 e. The van der Waals surface area contributed by atoms with Gasteiger partial charge >= 0.3 is 18.2 Å². The minimum absolute atomic E-state index is 0.188. The van der Waals surface area contributed by atoms with Gasteiger partial charge in [0.25, 0.3) is 11.8 Å². The smallest absolute Gasteiger partial charge is 0.489 e. The lowest BCUT2D eigenvalue weighted by Crippen LogP contribution is -2.54. The van der Waals surface area contributed by atoms with Crippen molar-refractivity contribution in [1.29, 1.82) is 0 Å². The van der Waals surface area contributed by atoms with Gasteiger partial charge in [-0.1, -0.05) is 18.2 Å². The maximum absolute atomic E-state index is 12.9. The normalized spacial score (nSPS) is 16.3. The van der Waals surface area contributed by atoms with Crippen molar-refractivity contribution in [3.05, 3.63) is 71.4 Å². The summed E-state index contributed by atoms with van der Waals surface area (Å²) < 4.78 is 43.1. The molecular formula is C30H33F3N4O8. The molecule has 1 aliphatic heterocycles. The van der Waals surface area contributed by atoms with Crippen LogP contribution in [0.15, 0.2) is 54.6 Å². The second-order valence-electron chi connectivity index (χ2n) is 11.0. The molecule has 1 aliphatic rings. The average Bonchev–Trinajstić information content (AvgIpc) is 3.38. The fraction of sp³-hybridized carbons (Fsp3) is 0.367. The van der Waals surface area contributed by atoms with E-state index in [4.69, 9.17) is 19.4 Å². The van der Waals surface area contributed by atoms with Crippen molar-refractivity contribution < 1.29 is 52.1 Å². The second kappa shape index (κ2) is 14.2. The van der Waals surface area contributed by atoms with Crippen LogP contribution in [0.3, 0.4) is 0 Å². The Bertz CT molecular complexity index is 1540. The van der Waals surface area contributed by atoms with Crippen molar-refractivity contribution in [2.24, 2.45) is 0 Å². The highest BCUT2D eigenvalue weighted by atomic mass is 19.4. The summed E-state index contributed by atoms with van der Waals surface area (Å²) in [6.07, 6.45) is -5.45. The van der Waals surface area contributed by atoms with E-state index < -0.39 is 47.7 Å². The van der Waals surface area contributed by atoms with Gasteiger partial charge in [0, 0.05) is 28.8 Å². The summed E-state index contributed by atoms with van der Waals surface area (Å²) in [6.45, 7) is 7.62. The molecule has 3 aromatic rings. The number of benzene rings is 2. The number of hydrogen-bond acceptors (Lipinski definition) is 8. The fourth-order valence-electron chi connectivity index (χ4n) is 4.49. The van der Waals surface area contributed by atoms with Crippen molar-refractivity contribution in [2.45, 2.75) is 64.6 Å². The number of ether oxygens (including phenoxy) is 2. The van der Waals surface area contributed by atoms with Crippen molar-refractivity contribution in [3.63, 3.8) is 0 Å². The minimum atomic E-state index is -5.08. The van der Waals surface area contributed by atoms with E-state index in [0.29, 0.717) is 24.3 Å². The molecule has 2 atom stereocenters. The van der Waals surface area contributed by atoms with Crippen LogP contribution in [0, 0.1) is 6.92 Å². The highest BCUT2D eigenvalue weighted by molar-refractivity contribution is 5.95. The molecule has 4 rings (SSSR count). The first-order valence-electron chi connectivity index (χ1n) is 13.6. The molecule has 0 saturated carbocycles. The Labute approximate surface area is 256 Å². The number of aryl methyl sites for hydroxylation is 1. The van der Waals surface area contributed by atoms with E-state index in [1.165, 1.54) is 4.90 Å². The van der Waals surface area contributed by atoms with E-state index in [0.717, 1.165) is 22.2 Å². The minimum Gasteiger partial charge on any atom is -0.489 e. The molecule has 45 heavy (non-hydrogen) atoms. The van der Waals surface area contributed by atoms with E-state index >= 15 is 0 Å². The number of para-hydroxylation sites is 1. The summed E-state index contributed by atoms with van der Waals surface area (Å²) in [5, 5.41) is 20.2. The third-order valence-corrected chi connectivity index (χ3v) is 6.40. The predicted octanol–water partition coefficient (Wildman–Crippen LogP) is 4.37. The number of pyridine rings is 1. The number of hydroxylamine groups is 1. The number of likely N-dealkylation sites (tertiary alicyclic amines) is 1. The third kappa shape index (κ3) is 9.53. The van der Waals surface area contributed by atoms with Gasteiger partial charge in [0.15, 0.2) is 0 Å². The Kier molecular flexibility index (Phi) is 10.9. The summed E-state index contributed by atoms with van der Waals surface area (Å²) in [6, 6.07) is 14.7. The van der Waals surface area contributed by atoms with E-state index in [2.05, 4.69) is 10.3 Å². The van der Waals surface area contributed by atoms with Gasteiger partial charge in [0.1, 0.15) is 24.0 Å². The number of carbonyl (C=O) groups is 4. The molecule has 1 fully saturated rings. The second-order valence-corrected chi connectivity index (χ2v) is 11.0. The largest absolute Gasteiger partial charge is 0.490 e. The van der Waals surface area contributed by atoms with E-state index in [9.17, 15) is 32.8 Å². The number of fused-ring (bicyclic) bond motifs is 1. The number of alkyl halides is 3. The molecule has 3 amide bonds. The predicted molar refractivity (Wildman–Crippen MR) is 153 cm³/mol. The average molecular weight is 635 g/mol. The quantitative estimate of drug-likeness (QED) is 0.227. The molecule has 0 spiro atoms. The van der Waals surface area contributed by atoms with Crippen molar-refractivity contribution in [3.8, 4) is 5.75 Å². The molecule has 15 heteroatoms. The molecule has 2 heterocycles. The van der Waals surface area contributed by atoms with E-state index in [1.54, 1.807) is 50.5 Å². The number of hydrogen-bond donors (Lipinski definition) is 4.